The minimum absolute atomic E-state index is 0.0370. The van der Waals surface area contributed by atoms with Gasteiger partial charge in [0, 0.05) is 38.9 Å². The molecule has 1 aromatic heterocycles. The van der Waals surface area contributed by atoms with Crippen molar-refractivity contribution in [3.63, 3.8) is 0 Å². The van der Waals surface area contributed by atoms with Crippen LogP contribution >= 0.6 is 0 Å². The summed E-state index contributed by atoms with van der Waals surface area (Å²) in [6.45, 7) is 5.60. The first-order valence-electron chi connectivity index (χ1n) is 8.88. The quantitative estimate of drug-likeness (QED) is 0.528. The van der Waals surface area contributed by atoms with Crippen molar-refractivity contribution in [2.24, 2.45) is 18.9 Å². The normalized spacial score (nSPS) is 21.0. The van der Waals surface area contributed by atoms with Gasteiger partial charge >= 0.3 is 5.97 Å². The number of ether oxygens (including phenoxy) is 2. The van der Waals surface area contributed by atoms with E-state index in [4.69, 9.17) is 9.47 Å². The predicted molar refractivity (Wildman–Crippen MR) is 92.7 cm³/mol. The molecule has 1 saturated heterocycles. The standard InChI is InChI=1S/C18H29N3O4/c1-13(2)7-8-24-9-10-25-18(23)15-5-6-16(22)21(4)17(15)14-11-19-20(3)12-14/h11-13,15,17H,5-10H2,1-4H3. The van der Waals surface area contributed by atoms with Crippen molar-refractivity contribution < 1.29 is 19.1 Å². The maximum Gasteiger partial charge on any atom is 0.311 e. The summed E-state index contributed by atoms with van der Waals surface area (Å²) in [5.41, 5.74) is 0.855. The number of nitrogens with zero attached hydrogens (tertiary/aromatic N) is 3. The van der Waals surface area contributed by atoms with E-state index in [9.17, 15) is 9.59 Å². The van der Waals surface area contributed by atoms with Crippen molar-refractivity contribution in [2.45, 2.75) is 39.2 Å². The van der Waals surface area contributed by atoms with E-state index in [-0.39, 0.29) is 30.4 Å². The summed E-state index contributed by atoms with van der Waals surface area (Å²) in [5, 5.41) is 4.16. The topological polar surface area (TPSA) is 73.7 Å². The highest BCUT2D eigenvalue weighted by atomic mass is 16.6. The molecule has 7 heteroatoms. The molecule has 0 aliphatic carbocycles. The zero-order valence-electron chi connectivity index (χ0n) is 15.6. The molecule has 1 fully saturated rings. The summed E-state index contributed by atoms with van der Waals surface area (Å²) in [4.78, 5) is 26.2. The van der Waals surface area contributed by atoms with E-state index in [2.05, 4.69) is 18.9 Å². The molecule has 1 aliphatic heterocycles. The SMILES string of the molecule is CC(C)CCOCCOC(=O)C1CCC(=O)N(C)C1c1cnn(C)c1. The molecule has 2 rings (SSSR count). The van der Waals surface area contributed by atoms with Crippen LogP contribution in [-0.2, 0) is 26.1 Å². The third-order valence-electron chi connectivity index (χ3n) is 4.54. The van der Waals surface area contributed by atoms with Gasteiger partial charge in [-0.2, -0.15) is 5.10 Å². The molecule has 25 heavy (non-hydrogen) atoms. The maximum absolute atomic E-state index is 12.5. The fourth-order valence-corrected chi connectivity index (χ4v) is 3.06. The number of aromatic nitrogens is 2. The first-order valence-corrected chi connectivity index (χ1v) is 8.88. The number of hydrogen-bond acceptors (Lipinski definition) is 5. The zero-order valence-corrected chi connectivity index (χ0v) is 15.6. The lowest BCUT2D eigenvalue weighted by Gasteiger charge is -2.37. The molecule has 140 valence electrons. The number of esters is 1. The molecule has 0 bridgehead atoms. The molecular weight excluding hydrogens is 322 g/mol. The fourth-order valence-electron chi connectivity index (χ4n) is 3.06. The Morgan fingerprint density at radius 1 is 1.32 bits per heavy atom. The van der Waals surface area contributed by atoms with Crippen LogP contribution in [0.25, 0.3) is 0 Å². The van der Waals surface area contributed by atoms with Crippen LogP contribution in [0.5, 0.6) is 0 Å². The molecule has 0 radical (unpaired) electrons. The summed E-state index contributed by atoms with van der Waals surface area (Å²) in [6, 6.07) is -0.329. The molecule has 2 unspecified atom stereocenters. The highest BCUT2D eigenvalue weighted by Gasteiger charge is 2.40. The van der Waals surface area contributed by atoms with Gasteiger partial charge in [-0.15, -0.1) is 0 Å². The Hall–Kier alpha value is -1.89. The minimum atomic E-state index is -0.373. The molecule has 2 atom stereocenters. The summed E-state index contributed by atoms with van der Waals surface area (Å²) >= 11 is 0. The van der Waals surface area contributed by atoms with E-state index in [1.54, 1.807) is 22.8 Å². The van der Waals surface area contributed by atoms with Crippen LogP contribution < -0.4 is 0 Å². The van der Waals surface area contributed by atoms with Gasteiger partial charge in [0.05, 0.1) is 24.8 Å². The number of amides is 1. The van der Waals surface area contributed by atoms with Gasteiger partial charge in [-0.05, 0) is 18.8 Å². The van der Waals surface area contributed by atoms with Gasteiger partial charge < -0.3 is 14.4 Å². The molecule has 0 saturated carbocycles. The molecule has 1 aliphatic rings. The second-order valence-corrected chi connectivity index (χ2v) is 7.00. The van der Waals surface area contributed by atoms with E-state index >= 15 is 0 Å². The van der Waals surface area contributed by atoms with Crippen molar-refractivity contribution in [1.82, 2.24) is 14.7 Å². The van der Waals surface area contributed by atoms with E-state index in [0.29, 0.717) is 32.0 Å². The maximum atomic E-state index is 12.5. The zero-order chi connectivity index (χ0) is 18.4. The Bertz CT molecular complexity index is 585. The van der Waals surface area contributed by atoms with Gasteiger partial charge in [0.15, 0.2) is 0 Å². The van der Waals surface area contributed by atoms with Gasteiger partial charge in [0.25, 0.3) is 0 Å². The molecule has 2 heterocycles. The first-order chi connectivity index (χ1) is 11.9. The van der Waals surface area contributed by atoms with Crippen LogP contribution in [0.3, 0.4) is 0 Å². The predicted octanol–water partition coefficient (Wildman–Crippen LogP) is 1.94. The lowest BCUT2D eigenvalue weighted by Crippen LogP contribution is -2.43. The smallest absolute Gasteiger partial charge is 0.311 e. The van der Waals surface area contributed by atoms with E-state index in [1.165, 1.54) is 0 Å². The van der Waals surface area contributed by atoms with Crippen molar-refractivity contribution in [2.75, 3.05) is 26.9 Å². The van der Waals surface area contributed by atoms with Gasteiger partial charge in [0.1, 0.15) is 6.61 Å². The van der Waals surface area contributed by atoms with Crippen molar-refractivity contribution in [1.29, 1.82) is 0 Å². The van der Waals surface area contributed by atoms with Crippen LogP contribution in [0.4, 0.5) is 0 Å². The molecule has 7 nitrogen and oxygen atoms in total. The third-order valence-corrected chi connectivity index (χ3v) is 4.54. The molecule has 0 aromatic carbocycles. The van der Waals surface area contributed by atoms with Crippen molar-refractivity contribution in [3.8, 4) is 0 Å². The molecular formula is C18H29N3O4. The Morgan fingerprint density at radius 2 is 2.08 bits per heavy atom. The number of rotatable bonds is 8. The van der Waals surface area contributed by atoms with E-state index in [0.717, 1.165) is 12.0 Å². The highest BCUT2D eigenvalue weighted by Crippen LogP contribution is 2.36. The number of likely N-dealkylation sites (tertiary alicyclic amines) is 1. The third kappa shape index (κ3) is 5.29. The van der Waals surface area contributed by atoms with Crippen LogP contribution in [0.1, 0.15) is 44.7 Å². The number of piperidine rings is 1. The molecule has 1 aromatic rings. The summed E-state index contributed by atoms with van der Waals surface area (Å²) in [6.07, 6.45) is 5.39. The Morgan fingerprint density at radius 3 is 2.72 bits per heavy atom. The molecule has 1 amide bonds. The van der Waals surface area contributed by atoms with E-state index < -0.39 is 0 Å². The highest BCUT2D eigenvalue weighted by molar-refractivity contribution is 5.82. The largest absolute Gasteiger partial charge is 0.463 e. The first kappa shape index (κ1) is 19.4. The second-order valence-electron chi connectivity index (χ2n) is 7.00. The van der Waals surface area contributed by atoms with Crippen molar-refractivity contribution >= 4 is 11.9 Å². The Labute approximate surface area is 149 Å². The minimum Gasteiger partial charge on any atom is -0.463 e. The molecule has 0 N–H and O–H groups in total. The van der Waals surface area contributed by atoms with Crippen LogP contribution in [-0.4, -0.2) is 53.4 Å². The molecule has 0 spiro atoms. The van der Waals surface area contributed by atoms with Crippen LogP contribution in [0.2, 0.25) is 0 Å². The average molecular weight is 351 g/mol. The number of hydrogen-bond donors (Lipinski definition) is 0. The Kier molecular flexibility index (Phi) is 6.99. The fraction of sp³-hybridized carbons (Fsp3) is 0.722. The van der Waals surface area contributed by atoms with Crippen LogP contribution in [0.15, 0.2) is 12.4 Å². The van der Waals surface area contributed by atoms with Crippen LogP contribution in [0, 0.1) is 11.8 Å². The lowest BCUT2D eigenvalue weighted by atomic mass is 9.86. The average Bonchev–Trinajstić information content (AvgIpc) is 2.98. The summed E-state index contributed by atoms with van der Waals surface area (Å²) in [7, 11) is 3.55. The summed E-state index contributed by atoms with van der Waals surface area (Å²) in [5.74, 6) is -0.0174. The van der Waals surface area contributed by atoms with Gasteiger partial charge in [-0.1, -0.05) is 13.8 Å². The van der Waals surface area contributed by atoms with Gasteiger partial charge in [0.2, 0.25) is 5.91 Å². The van der Waals surface area contributed by atoms with Gasteiger partial charge in [-0.3, -0.25) is 14.3 Å². The van der Waals surface area contributed by atoms with Gasteiger partial charge in [-0.25, -0.2) is 0 Å². The Balaban J connectivity index is 1.91. The number of carbonyl (C=O) groups is 2. The number of aryl methyl sites for hydroxylation is 1. The second kappa shape index (κ2) is 8.99. The van der Waals surface area contributed by atoms with E-state index in [1.807, 2.05) is 13.2 Å². The summed E-state index contributed by atoms with van der Waals surface area (Å²) < 4.78 is 12.6. The number of carbonyl (C=O) groups excluding carboxylic acids is 2. The monoisotopic (exact) mass is 351 g/mol. The lowest BCUT2D eigenvalue weighted by molar-refractivity contribution is -0.157. The van der Waals surface area contributed by atoms with Crippen molar-refractivity contribution in [3.05, 3.63) is 18.0 Å².